The fraction of sp³-hybridized carbons (Fsp3) is 0.294. The Labute approximate surface area is 161 Å². The molecule has 0 radical (unpaired) electrons. The van der Waals surface area contributed by atoms with E-state index in [1.165, 1.54) is 22.3 Å². The summed E-state index contributed by atoms with van der Waals surface area (Å²) in [5, 5.41) is 9.77. The van der Waals surface area contributed by atoms with E-state index < -0.39 is 10.0 Å². The minimum atomic E-state index is -3.45. The van der Waals surface area contributed by atoms with Crippen LogP contribution in [-0.4, -0.2) is 50.5 Å². The van der Waals surface area contributed by atoms with Gasteiger partial charge in [-0.15, -0.1) is 10.2 Å². The fourth-order valence-electron chi connectivity index (χ4n) is 2.91. The number of nitrogens with zero attached hydrogens (tertiary/aromatic N) is 6. The summed E-state index contributed by atoms with van der Waals surface area (Å²) in [6.07, 6.45) is 6.64. The van der Waals surface area contributed by atoms with Crippen LogP contribution in [0.2, 0.25) is 0 Å². The van der Waals surface area contributed by atoms with Gasteiger partial charge < -0.3 is 4.57 Å². The van der Waals surface area contributed by atoms with E-state index in [1.54, 1.807) is 24.5 Å². The quantitative estimate of drug-likeness (QED) is 0.646. The first-order valence-electron chi connectivity index (χ1n) is 8.49. The molecule has 3 aromatic rings. The van der Waals surface area contributed by atoms with Crippen LogP contribution in [0.3, 0.4) is 0 Å². The van der Waals surface area contributed by atoms with Gasteiger partial charge in [0.25, 0.3) is 0 Å². The van der Waals surface area contributed by atoms with Crippen LogP contribution in [0.5, 0.6) is 0 Å². The van der Waals surface area contributed by atoms with Gasteiger partial charge in [-0.25, -0.2) is 13.4 Å². The second-order valence-electron chi connectivity index (χ2n) is 6.15. The minimum Gasteiger partial charge on any atom is -0.305 e. The Morgan fingerprint density at radius 3 is 2.44 bits per heavy atom. The Hall–Kier alpha value is -2.30. The predicted molar refractivity (Wildman–Crippen MR) is 101 cm³/mol. The molecule has 0 aliphatic carbocycles. The lowest BCUT2D eigenvalue weighted by atomic mass is 10.2. The summed E-state index contributed by atoms with van der Waals surface area (Å²) >= 11 is 1.34. The van der Waals surface area contributed by atoms with Crippen molar-refractivity contribution in [1.29, 1.82) is 0 Å². The van der Waals surface area contributed by atoms with Crippen LogP contribution in [0.25, 0.3) is 11.4 Å². The van der Waals surface area contributed by atoms with Crippen molar-refractivity contribution < 1.29 is 8.42 Å². The van der Waals surface area contributed by atoms with Gasteiger partial charge in [0.1, 0.15) is 9.92 Å². The van der Waals surface area contributed by atoms with Gasteiger partial charge in [0.15, 0.2) is 11.0 Å². The topological polar surface area (TPSA) is 93.9 Å². The van der Waals surface area contributed by atoms with Crippen LogP contribution in [0.1, 0.15) is 12.8 Å². The monoisotopic (exact) mass is 402 g/mol. The predicted octanol–water partition coefficient (Wildman–Crippen LogP) is 2.21. The second kappa shape index (κ2) is 7.37. The fourth-order valence-corrected chi connectivity index (χ4v) is 5.10. The zero-order chi connectivity index (χ0) is 18.9. The molecular weight excluding hydrogens is 384 g/mol. The molecule has 1 aliphatic heterocycles. The smallest absolute Gasteiger partial charge is 0.244 e. The largest absolute Gasteiger partial charge is 0.305 e. The van der Waals surface area contributed by atoms with Crippen molar-refractivity contribution in [3.8, 4) is 11.4 Å². The third-order valence-electron chi connectivity index (χ3n) is 4.38. The molecule has 3 aromatic heterocycles. The lowest BCUT2D eigenvalue weighted by molar-refractivity contribution is 0.477. The molecule has 0 aromatic carbocycles. The van der Waals surface area contributed by atoms with Crippen LogP contribution in [0.15, 0.2) is 57.9 Å². The molecule has 0 amide bonds. The van der Waals surface area contributed by atoms with Crippen molar-refractivity contribution in [2.45, 2.75) is 27.9 Å². The number of rotatable bonds is 5. The summed E-state index contributed by atoms with van der Waals surface area (Å²) in [6, 6.07) is 7.04. The Morgan fingerprint density at radius 1 is 1.04 bits per heavy atom. The normalized spacial score (nSPS) is 15.3. The number of sulfonamides is 1. The molecule has 10 heteroatoms. The zero-order valence-corrected chi connectivity index (χ0v) is 16.3. The maximum atomic E-state index is 12.6. The summed E-state index contributed by atoms with van der Waals surface area (Å²) in [5.41, 5.74) is 0.923. The van der Waals surface area contributed by atoms with Crippen molar-refractivity contribution in [1.82, 2.24) is 29.0 Å². The van der Waals surface area contributed by atoms with Gasteiger partial charge in [-0.3, -0.25) is 4.98 Å². The van der Waals surface area contributed by atoms with E-state index in [4.69, 9.17) is 0 Å². The molecule has 140 valence electrons. The molecule has 0 N–H and O–H groups in total. The SMILES string of the molecule is Cn1c(Sc2ccc(S(=O)(=O)N3CCCC3)cn2)nnc1-c1ccncc1. The molecule has 0 saturated carbocycles. The van der Waals surface area contributed by atoms with Crippen LogP contribution in [-0.2, 0) is 17.1 Å². The van der Waals surface area contributed by atoms with Gasteiger partial charge in [0.2, 0.25) is 10.0 Å². The van der Waals surface area contributed by atoms with Gasteiger partial charge in [0.05, 0.1) is 0 Å². The lowest BCUT2D eigenvalue weighted by Crippen LogP contribution is -2.27. The summed E-state index contributed by atoms with van der Waals surface area (Å²) < 4.78 is 28.5. The van der Waals surface area contributed by atoms with E-state index in [-0.39, 0.29) is 4.90 Å². The molecule has 1 aliphatic rings. The molecule has 1 fully saturated rings. The molecule has 0 spiro atoms. The maximum Gasteiger partial charge on any atom is 0.244 e. The third kappa shape index (κ3) is 3.60. The standard InChI is InChI=1S/C17H18N6O2S2/c1-22-16(13-6-8-18-9-7-13)20-21-17(22)26-15-5-4-14(12-19-15)27(24,25)23-10-2-3-11-23/h4-9,12H,2-3,10-11H2,1H3. The van der Waals surface area contributed by atoms with Gasteiger partial charge in [0, 0.05) is 44.3 Å². The van der Waals surface area contributed by atoms with E-state index in [0.717, 1.165) is 24.2 Å². The average Bonchev–Trinajstić information content (AvgIpc) is 3.34. The molecule has 8 nitrogen and oxygen atoms in total. The van der Waals surface area contributed by atoms with Crippen molar-refractivity contribution in [2.24, 2.45) is 7.05 Å². The highest BCUT2D eigenvalue weighted by Gasteiger charge is 2.27. The van der Waals surface area contributed by atoms with Crippen LogP contribution in [0.4, 0.5) is 0 Å². The zero-order valence-electron chi connectivity index (χ0n) is 14.7. The molecule has 4 heterocycles. The summed E-state index contributed by atoms with van der Waals surface area (Å²) in [5.74, 6) is 0.730. The lowest BCUT2D eigenvalue weighted by Gasteiger charge is -2.15. The third-order valence-corrected chi connectivity index (χ3v) is 7.25. The number of hydrogen-bond acceptors (Lipinski definition) is 7. The van der Waals surface area contributed by atoms with Gasteiger partial charge in [-0.05, 0) is 48.9 Å². The van der Waals surface area contributed by atoms with Gasteiger partial charge in [-0.2, -0.15) is 4.31 Å². The first kappa shape index (κ1) is 18.1. The van der Waals surface area contributed by atoms with E-state index in [2.05, 4.69) is 20.2 Å². The molecule has 0 bridgehead atoms. The maximum absolute atomic E-state index is 12.6. The Bertz CT molecular complexity index is 1030. The number of aromatic nitrogens is 5. The highest BCUT2D eigenvalue weighted by Crippen LogP contribution is 2.28. The van der Waals surface area contributed by atoms with E-state index in [1.807, 2.05) is 23.7 Å². The Kier molecular flexibility index (Phi) is 4.94. The van der Waals surface area contributed by atoms with Crippen LogP contribution in [0, 0.1) is 0 Å². The first-order chi connectivity index (χ1) is 13.1. The summed E-state index contributed by atoms with van der Waals surface area (Å²) in [4.78, 5) is 8.53. The van der Waals surface area contributed by atoms with E-state index >= 15 is 0 Å². The van der Waals surface area contributed by atoms with Crippen molar-refractivity contribution in [3.05, 3.63) is 42.9 Å². The molecular formula is C17H18N6O2S2. The second-order valence-corrected chi connectivity index (χ2v) is 9.07. The molecule has 0 unspecified atom stereocenters. The minimum absolute atomic E-state index is 0.226. The van der Waals surface area contributed by atoms with Crippen LogP contribution < -0.4 is 0 Å². The Morgan fingerprint density at radius 2 is 1.78 bits per heavy atom. The van der Waals surface area contributed by atoms with Crippen molar-refractivity contribution >= 4 is 21.8 Å². The summed E-state index contributed by atoms with van der Waals surface area (Å²) in [6.45, 7) is 1.16. The molecule has 0 atom stereocenters. The molecule has 27 heavy (non-hydrogen) atoms. The molecule has 4 rings (SSSR count). The van der Waals surface area contributed by atoms with Crippen LogP contribution >= 0.6 is 11.8 Å². The van der Waals surface area contributed by atoms with Gasteiger partial charge >= 0.3 is 0 Å². The molecule has 1 saturated heterocycles. The summed E-state index contributed by atoms with van der Waals surface area (Å²) in [7, 11) is -1.57. The van der Waals surface area contributed by atoms with E-state index in [9.17, 15) is 8.42 Å². The van der Waals surface area contributed by atoms with Gasteiger partial charge in [-0.1, -0.05) is 0 Å². The number of hydrogen-bond donors (Lipinski definition) is 0. The van der Waals surface area contributed by atoms with E-state index in [0.29, 0.717) is 23.3 Å². The highest BCUT2D eigenvalue weighted by molar-refractivity contribution is 7.99. The first-order valence-corrected chi connectivity index (χ1v) is 10.8. The van der Waals surface area contributed by atoms with Crippen molar-refractivity contribution in [2.75, 3.05) is 13.1 Å². The van der Waals surface area contributed by atoms with Crippen molar-refractivity contribution in [3.63, 3.8) is 0 Å². The number of pyridine rings is 2. The average molecular weight is 403 g/mol. The Balaban J connectivity index is 1.53. The highest BCUT2D eigenvalue weighted by atomic mass is 32.2.